The van der Waals surface area contributed by atoms with Crippen LogP contribution in [0, 0.1) is 29.8 Å². The smallest absolute Gasteiger partial charge is 0.271 e. The Kier molecular flexibility index (Phi) is 5.30. The predicted molar refractivity (Wildman–Crippen MR) is 103 cm³/mol. The molecule has 0 aliphatic carbocycles. The topological polar surface area (TPSA) is 89.5 Å². The van der Waals surface area contributed by atoms with E-state index in [9.17, 15) is 19.3 Å². The Bertz CT molecular complexity index is 1070. The Hall–Kier alpha value is -3.81. The molecule has 3 rings (SSSR count). The molecule has 0 saturated heterocycles. The molecule has 142 valence electrons. The van der Waals surface area contributed by atoms with E-state index in [1.807, 2.05) is 24.5 Å². The summed E-state index contributed by atoms with van der Waals surface area (Å²) in [4.78, 5) is 22.6. The van der Waals surface area contributed by atoms with Gasteiger partial charge >= 0.3 is 0 Å². The van der Waals surface area contributed by atoms with Crippen molar-refractivity contribution in [2.24, 2.45) is 5.10 Å². The molecule has 1 heterocycles. The molecule has 1 amide bonds. The summed E-state index contributed by atoms with van der Waals surface area (Å²) >= 11 is 0. The number of hydrazone groups is 1. The third-order valence-corrected chi connectivity index (χ3v) is 4.25. The number of hydrogen-bond donors (Lipinski definition) is 1. The van der Waals surface area contributed by atoms with Gasteiger partial charge < -0.3 is 4.57 Å². The lowest BCUT2D eigenvalue weighted by molar-refractivity contribution is -0.384. The third-order valence-electron chi connectivity index (χ3n) is 4.25. The van der Waals surface area contributed by atoms with Gasteiger partial charge in [-0.3, -0.25) is 14.9 Å². The number of nitro groups is 1. The van der Waals surface area contributed by atoms with Crippen molar-refractivity contribution in [3.05, 3.63) is 93.0 Å². The maximum absolute atomic E-state index is 12.9. The van der Waals surface area contributed by atoms with E-state index in [-0.39, 0.29) is 5.69 Å². The van der Waals surface area contributed by atoms with Crippen LogP contribution in [0.3, 0.4) is 0 Å². The lowest BCUT2D eigenvalue weighted by Gasteiger charge is -2.09. The van der Waals surface area contributed by atoms with Gasteiger partial charge in [0.25, 0.3) is 11.6 Å². The van der Waals surface area contributed by atoms with E-state index in [1.165, 1.54) is 42.6 Å². The fourth-order valence-corrected chi connectivity index (χ4v) is 2.89. The van der Waals surface area contributed by atoms with E-state index in [2.05, 4.69) is 10.5 Å². The van der Waals surface area contributed by atoms with Crippen LogP contribution in [-0.2, 0) is 0 Å². The number of nitrogens with zero attached hydrogens (tertiary/aromatic N) is 3. The molecule has 3 aromatic rings. The minimum atomic E-state index is -0.455. The average molecular weight is 380 g/mol. The van der Waals surface area contributed by atoms with Gasteiger partial charge in [0.05, 0.1) is 16.8 Å². The number of carbonyl (C=O) groups excluding carboxylic acids is 1. The minimum absolute atomic E-state index is 0.00628. The van der Waals surface area contributed by atoms with Crippen LogP contribution < -0.4 is 5.43 Å². The first-order valence-corrected chi connectivity index (χ1v) is 8.39. The van der Waals surface area contributed by atoms with Gasteiger partial charge in [0.1, 0.15) is 5.82 Å². The van der Waals surface area contributed by atoms with E-state index in [0.29, 0.717) is 11.3 Å². The Labute approximate surface area is 160 Å². The van der Waals surface area contributed by atoms with Crippen molar-refractivity contribution in [2.45, 2.75) is 13.8 Å². The fourth-order valence-electron chi connectivity index (χ4n) is 2.89. The van der Waals surface area contributed by atoms with Gasteiger partial charge in [-0.15, -0.1) is 0 Å². The second kappa shape index (κ2) is 7.83. The van der Waals surface area contributed by atoms with Crippen molar-refractivity contribution in [3.63, 3.8) is 0 Å². The monoisotopic (exact) mass is 380 g/mol. The summed E-state index contributed by atoms with van der Waals surface area (Å²) in [6.07, 6.45) is 1.50. The molecule has 0 radical (unpaired) electrons. The summed E-state index contributed by atoms with van der Waals surface area (Å²) < 4.78 is 14.8. The number of halogens is 1. The Balaban J connectivity index is 1.81. The van der Waals surface area contributed by atoms with E-state index in [0.717, 1.165) is 17.0 Å². The summed E-state index contributed by atoms with van der Waals surface area (Å²) in [7, 11) is 0. The SMILES string of the molecule is Cc1cc(/C=N\NC(=O)c2ccc(F)cc2)c(C)n1-c1cccc([N+](=O)[O-])c1. The normalized spacial score (nSPS) is 11.0. The first-order chi connectivity index (χ1) is 13.4. The van der Waals surface area contributed by atoms with Crippen LogP contribution in [-0.4, -0.2) is 21.6 Å². The molecule has 1 aromatic heterocycles. The van der Waals surface area contributed by atoms with Gasteiger partial charge in [0, 0.05) is 34.6 Å². The van der Waals surface area contributed by atoms with Crippen molar-refractivity contribution in [3.8, 4) is 5.69 Å². The molecule has 0 fully saturated rings. The number of rotatable bonds is 5. The van der Waals surface area contributed by atoms with E-state index >= 15 is 0 Å². The molecule has 0 atom stereocenters. The first kappa shape index (κ1) is 19.0. The maximum atomic E-state index is 12.9. The summed E-state index contributed by atoms with van der Waals surface area (Å²) in [6, 6.07) is 13.3. The molecule has 0 saturated carbocycles. The first-order valence-electron chi connectivity index (χ1n) is 8.39. The lowest BCUT2D eigenvalue weighted by Crippen LogP contribution is -2.17. The van der Waals surface area contributed by atoms with Crippen molar-refractivity contribution < 1.29 is 14.1 Å². The summed E-state index contributed by atoms with van der Waals surface area (Å²) in [5.41, 5.74) is 5.80. The number of aromatic nitrogens is 1. The van der Waals surface area contributed by atoms with Crippen LogP contribution >= 0.6 is 0 Å². The molecule has 0 spiro atoms. The van der Waals surface area contributed by atoms with Crippen molar-refractivity contribution in [2.75, 3.05) is 0 Å². The number of non-ortho nitro benzene ring substituents is 1. The van der Waals surface area contributed by atoms with Gasteiger partial charge in [-0.25, -0.2) is 9.82 Å². The highest BCUT2D eigenvalue weighted by atomic mass is 19.1. The fraction of sp³-hybridized carbons (Fsp3) is 0.100. The Morgan fingerprint density at radius 1 is 1.18 bits per heavy atom. The van der Waals surface area contributed by atoms with Gasteiger partial charge in [-0.05, 0) is 50.2 Å². The molecular formula is C20H17FN4O3. The van der Waals surface area contributed by atoms with Gasteiger partial charge in [-0.1, -0.05) is 6.07 Å². The molecule has 7 nitrogen and oxygen atoms in total. The number of nitro benzene ring substituents is 1. The van der Waals surface area contributed by atoms with Crippen molar-refractivity contribution in [1.82, 2.24) is 9.99 Å². The highest BCUT2D eigenvalue weighted by Gasteiger charge is 2.13. The summed E-state index contributed by atoms with van der Waals surface area (Å²) in [6.45, 7) is 3.73. The average Bonchev–Trinajstić information content (AvgIpc) is 2.95. The van der Waals surface area contributed by atoms with Crippen LogP contribution in [0.4, 0.5) is 10.1 Å². The zero-order valence-corrected chi connectivity index (χ0v) is 15.2. The molecule has 8 heteroatoms. The lowest BCUT2D eigenvalue weighted by atomic mass is 10.2. The summed E-state index contributed by atoms with van der Waals surface area (Å²) in [5, 5.41) is 15.0. The molecule has 28 heavy (non-hydrogen) atoms. The van der Waals surface area contributed by atoms with Gasteiger partial charge in [0.2, 0.25) is 0 Å². The second-order valence-electron chi connectivity index (χ2n) is 6.14. The van der Waals surface area contributed by atoms with Crippen LogP contribution in [0.5, 0.6) is 0 Å². The highest BCUT2D eigenvalue weighted by Crippen LogP contribution is 2.23. The van der Waals surface area contributed by atoms with E-state index in [4.69, 9.17) is 0 Å². The van der Waals surface area contributed by atoms with Crippen LogP contribution in [0.1, 0.15) is 27.3 Å². The number of nitrogens with one attached hydrogen (secondary N) is 1. The largest absolute Gasteiger partial charge is 0.318 e. The van der Waals surface area contributed by atoms with Crippen LogP contribution in [0.25, 0.3) is 5.69 Å². The molecule has 0 bridgehead atoms. The number of amides is 1. The van der Waals surface area contributed by atoms with E-state index < -0.39 is 16.6 Å². The number of hydrogen-bond acceptors (Lipinski definition) is 4. The van der Waals surface area contributed by atoms with Crippen molar-refractivity contribution in [1.29, 1.82) is 0 Å². The number of carbonyl (C=O) groups is 1. The molecule has 1 N–H and O–H groups in total. The highest BCUT2D eigenvalue weighted by molar-refractivity contribution is 5.95. The predicted octanol–water partition coefficient (Wildman–Crippen LogP) is 3.91. The Morgan fingerprint density at radius 3 is 2.57 bits per heavy atom. The standard InChI is InChI=1S/C20H17FN4O3/c1-13-10-16(12-22-23-20(26)15-6-8-17(21)9-7-15)14(2)24(13)18-4-3-5-19(11-18)25(27)28/h3-12H,1-2H3,(H,23,26)/b22-12-. The van der Waals surface area contributed by atoms with Gasteiger partial charge in [-0.2, -0.15) is 5.10 Å². The second-order valence-corrected chi connectivity index (χ2v) is 6.14. The third kappa shape index (κ3) is 3.96. The van der Waals surface area contributed by atoms with Crippen LogP contribution in [0.2, 0.25) is 0 Å². The zero-order chi connectivity index (χ0) is 20.3. The summed E-state index contributed by atoms with van der Waals surface area (Å²) in [5.74, 6) is -0.877. The quantitative estimate of drug-likeness (QED) is 0.413. The molecule has 0 aliphatic rings. The minimum Gasteiger partial charge on any atom is -0.318 e. The molecule has 0 aliphatic heterocycles. The molecular weight excluding hydrogens is 363 g/mol. The maximum Gasteiger partial charge on any atom is 0.271 e. The van der Waals surface area contributed by atoms with E-state index in [1.54, 1.807) is 12.1 Å². The van der Waals surface area contributed by atoms with Gasteiger partial charge in [0.15, 0.2) is 0 Å². The molecule has 0 unspecified atom stereocenters. The zero-order valence-electron chi connectivity index (χ0n) is 15.2. The van der Waals surface area contributed by atoms with Crippen molar-refractivity contribution >= 4 is 17.8 Å². The number of benzene rings is 2. The van der Waals surface area contributed by atoms with Crippen LogP contribution in [0.15, 0.2) is 59.7 Å². The number of aryl methyl sites for hydroxylation is 1. The Morgan fingerprint density at radius 2 is 1.89 bits per heavy atom. The molecule has 2 aromatic carbocycles.